The Bertz CT molecular complexity index is 913. The maximum absolute atomic E-state index is 13.5. The number of aryl methyl sites for hydroxylation is 2. The molecule has 1 fully saturated rings. The van der Waals surface area contributed by atoms with Crippen molar-refractivity contribution < 1.29 is 4.79 Å². The molecular formula is C21H22N4OS. The first-order valence-electron chi connectivity index (χ1n) is 8.89. The molecule has 6 heteroatoms. The van der Waals surface area contributed by atoms with Crippen LogP contribution in [0.1, 0.15) is 36.1 Å². The zero-order valence-corrected chi connectivity index (χ0v) is 16.6. The maximum Gasteiger partial charge on any atom is 0.253 e. The molecule has 27 heavy (non-hydrogen) atoms. The number of hydrogen-bond acceptors (Lipinski definition) is 4. The number of nitriles is 1. The van der Waals surface area contributed by atoms with E-state index in [0.717, 1.165) is 36.1 Å². The summed E-state index contributed by atoms with van der Waals surface area (Å²) in [6.45, 7) is 3.85. The van der Waals surface area contributed by atoms with Crippen molar-refractivity contribution in [1.29, 1.82) is 5.26 Å². The van der Waals surface area contributed by atoms with Gasteiger partial charge in [-0.15, -0.1) is 0 Å². The van der Waals surface area contributed by atoms with Gasteiger partial charge in [0.2, 0.25) is 0 Å². The normalized spacial score (nSPS) is 14.6. The van der Waals surface area contributed by atoms with Crippen LogP contribution < -0.4 is 9.80 Å². The summed E-state index contributed by atoms with van der Waals surface area (Å²) in [5, 5.41) is 9.07. The second-order valence-corrected chi connectivity index (χ2v) is 7.24. The molecule has 0 saturated heterocycles. The lowest BCUT2D eigenvalue weighted by atomic mass is 9.74. The van der Waals surface area contributed by atoms with Gasteiger partial charge in [-0.25, -0.2) is 4.98 Å². The van der Waals surface area contributed by atoms with Gasteiger partial charge in [0.15, 0.2) is 0 Å². The minimum Gasteiger partial charge on any atom is -0.323 e. The first kappa shape index (κ1) is 19.0. The Morgan fingerprint density at radius 1 is 1.26 bits per heavy atom. The van der Waals surface area contributed by atoms with Crippen molar-refractivity contribution in [2.45, 2.75) is 38.6 Å². The van der Waals surface area contributed by atoms with Crippen molar-refractivity contribution in [3.05, 3.63) is 53.3 Å². The highest BCUT2D eigenvalue weighted by Gasteiger charge is 2.50. The molecular weight excluding hydrogens is 356 g/mol. The highest BCUT2D eigenvalue weighted by molar-refractivity contribution is 7.79. The molecule has 0 bridgehead atoms. The molecule has 5 nitrogen and oxygen atoms in total. The second-order valence-electron chi connectivity index (χ2n) is 7.03. The van der Waals surface area contributed by atoms with Gasteiger partial charge in [0.05, 0.1) is 17.4 Å². The molecule has 1 saturated carbocycles. The van der Waals surface area contributed by atoms with Crippen molar-refractivity contribution in [2.75, 3.05) is 16.8 Å². The average molecular weight is 379 g/mol. The number of nitrogens with zero attached hydrogens (tertiary/aromatic N) is 4. The van der Waals surface area contributed by atoms with E-state index in [9.17, 15) is 4.79 Å². The van der Waals surface area contributed by atoms with E-state index in [1.54, 1.807) is 23.6 Å². The molecule has 1 aliphatic rings. The van der Waals surface area contributed by atoms with Gasteiger partial charge >= 0.3 is 0 Å². The summed E-state index contributed by atoms with van der Waals surface area (Å²) in [4.78, 5) is 21.2. The molecule has 1 heterocycles. The second kappa shape index (κ2) is 7.45. The van der Waals surface area contributed by atoms with E-state index < -0.39 is 5.54 Å². The number of pyridine rings is 1. The monoisotopic (exact) mass is 378 g/mol. The molecule has 0 atom stereocenters. The molecule has 0 unspecified atom stereocenters. The number of thiocarbonyl (C=S) groups is 1. The van der Waals surface area contributed by atoms with Gasteiger partial charge in [0.25, 0.3) is 5.91 Å². The zero-order valence-electron chi connectivity index (χ0n) is 15.8. The number of hydrogen-bond donors (Lipinski definition) is 0. The summed E-state index contributed by atoms with van der Waals surface area (Å²) in [7, 11) is 1.75. The number of benzene rings is 1. The lowest BCUT2D eigenvalue weighted by Crippen LogP contribution is -2.63. The fourth-order valence-corrected chi connectivity index (χ4v) is 3.80. The molecule has 0 spiro atoms. The Labute approximate surface area is 165 Å². The van der Waals surface area contributed by atoms with Crippen LogP contribution in [0.4, 0.5) is 11.4 Å². The van der Waals surface area contributed by atoms with Crippen molar-refractivity contribution >= 4 is 35.0 Å². The van der Waals surface area contributed by atoms with Crippen LogP contribution in [0.2, 0.25) is 0 Å². The Morgan fingerprint density at radius 2 is 1.93 bits per heavy atom. The predicted molar refractivity (Wildman–Crippen MR) is 111 cm³/mol. The fraction of sp³-hybridized carbons (Fsp3) is 0.333. The maximum atomic E-state index is 13.5. The van der Waals surface area contributed by atoms with E-state index in [1.807, 2.05) is 49.1 Å². The third kappa shape index (κ3) is 3.31. The lowest BCUT2D eigenvalue weighted by molar-refractivity contribution is -0.125. The number of carbonyl (C=O) groups is 1. The summed E-state index contributed by atoms with van der Waals surface area (Å²) < 4.78 is 0. The third-order valence-corrected chi connectivity index (χ3v) is 5.53. The van der Waals surface area contributed by atoms with Gasteiger partial charge in [0, 0.05) is 12.7 Å². The number of carbonyl (C=O) groups excluding carboxylic acids is 1. The largest absolute Gasteiger partial charge is 0.323 e. The SMILES string of the molecule is Cc1ccc(N(C=S)C2(C(=O)N(C)c3cnc(C#N)c(C)c3)CCC2)cc1. The van der Waals surface area contributed by atoms with Crippen molar-refractivity contribution in [2.24, 2.45) is 0 Å². The van der Waals surface area contributed by atoms with E-state index in [0.29, 0.717) is 11.4 Å². The van der Waals surface area contributed by atoms with E-state index in [2.05, 4.69) is 11.1 Å². The highest BCUT2D eigenvalue weighted by Crippen LogP contribution is 2.42. The standard InChI is InChI=1S/C21H22N4OS/c1-15-5-7-17(8-6-15)25(14-27)21(9-4-10-21)20(26)24(3)18-11-16(2)19(12-22)23-13-18/h5-8,11,13-14H,4,9-10H2,1-3H3. The summed E-state index contributed by atoms with van der Waals surface area (Å²) in [5.74, 6) is -0.0127. The van der Waals surface area contributed by atoms with Gasteiger partial charge in [0.1, 0.15) is 17.3 Å². The van der Waals surface area contributed by atoms with Crippen LogP contribution in [-0.2, 0) is 4.79 Å². The molecule has 1 aromatic heterocycles. The van der Waals surface area contributed by atoms with Gasteiger partial charge in [-0.3, -0.25) is 4.79 Å². The number of rotatable bonds is 5. The number of anilines is 2. The number of aromatic nitrogens is 1. The highest BCUT2D eigenvalue weighted by atomic mass is 32.1. The minimum absolute atomic E-state index is 0.0127. The van der Waals surface area contributed by atoms with Gasteiger partial charge in [-0.1, -0.05) is 29.9 Å². The lowest BCUT2D eigenvalue weighted by Gasteiger charge is -2.49. The Hall–Kier alpha value is -2.78. The van der Waals surface area contributed by atoms with E-state index >= 15 is 0 Å². The summed E-state index contributed by atoms with van der Waals surface area (Å²) >= 11 is 5.29. The quantitative estimate of drug-likeness (QED) is 0.738. The number of likely N-dealkylation sites (N-methyl/N-ethyl adjacent to an activating group) is 1. The molecule has 1 aromatic carbocycles. The number of amides is 1. The molecule has 3 rings (SSSR count). The van der Waals surface area contributed by atoms with Gasteiger partial charge in [-0.2, -0.15) is 5.26 Å². The molecule has 0 radical (unpaired) electrons. The molecule has 1 aliphatic carbocycles. The Kier molecular flexibility index (Phi) is 5.24. The smallest absolute Gasteiger partial charge is 0.253 e. The van der Waals surface area contributed by atoms with Crippen molar-refractivity contribution in [3.8, 4) is 6.07 Å². The topological polar surface area (TPSA) is 60.2 Å². The summed E-state index contributed by atoms with van der Waals surface area (Å²) in [6.07, 6.45) is 4.05. The first-order valence-corrected chi connectivity index (χ1v) is 9.36. The molecule has 0 aliphatic heterocycles. The minimum atomic E-state index is -0.673. The molecule has 138 valence electrons. The van der Waals surface area contributed by atoms with Crippen LogP contribution in [0, 0.1) is 25.2 Å². The first-order chi connectivity index (χ1) is 12.9. The van der Waals surface area contributed by atoms with E-state index in [1.165, 1.54) is 0 Å². The van der Waals surface area contributed by atoms with E-state index in [-0.39, 0.29) is 5.91 Å². The van der Waals surface area contributed by atoms with Crippen LogP contribution in [0.3, 0.4) is 0 Å². The predicted octanol–water partition coefficient (Wildman–Crippen LogP) is 3.92. The van der Waals surface area contributed by atoms with Crippen LogP contribution in [0.15, 0.2) is 36.5 Å². The van der Waals surface area contributed by atoms with Gasteiger partial charge < -0.3 is 9.80 Å². The average Bonchev–Trinajstić information content (AvgIpc) is 2.64. The molecule has 0 N–H and O–H groups in total. The van der Waals surface area contributed by atoms with E-state index in [4.69, 9.17) is 17.5 Å². The summed E-state index contributed by atoms with van der Waals surface area (Å²) in [6, 6.07) is 11.9. The molecule has 2 aromatic rings. The Morgan fingerprint density at radius 3 is 2.41 bits per heavy atom. The fourth-order valence-electron chi connectivity index (χ4n) is 3.47. The van der Waals surface area contributed by atoms with Gasteiger partial charge in [-0.05, 0) is 56.9 Å². The van der Waals surface area contributed by atoms with Crippen LogP contribution in [-0.4, -0.2) is 29.0 Å². The van der Waals surface area contributed by atoms with Crippen molar-refractivity contribution in [3.63, 3.8) is 0 Å². The summed E-state index contributed by atoms with van der Waals surface area (Å²) in [5.41, 5.74) is 4.79. The zero-order chi connectivity index (χ0) is 19.6. The van der Waals surface area contributed by atoms with Crippen LogP contribution in [0.5, 0.6) is 0 Å². The third-order valence-electron chi connectivity index (χ3n) is 5.32. The molecule has 1 amide bonds. The van der Waals surface area contributed by atoms with Crippen LogP contribution >= 0.6 is 12.2 Å². The Balaban J connectivity index is 1.94. The van der Waals surface area contributed by atoms with Crippen LogP contribution in [0.25, 0.3) is 0 Å². The van der Waals surface area contributed by atoms with Crippen molar-refractivity contribution in [1.82, 2.24) is 4.98 Å².